The first-order valence-electron chi connectivity index (χ1n) is 6.69. The number of hydrogen-bond donors (Lipinski definition) is 1. The first kappa shape index (κ1) is 17.3. The molecule has 1 N–H and O–H groups in total. The third-order valence-electron chi connectivity index (χ3n) is 4.07. The number of halogens is 4. The molecule has 0 spiro atoms. The van der Waals surface area contributed by atoms with Gasteiger partial charge in [-0.1, -0.05) is 20.8 Å². The Hall–Kier alpha value is 0.940. The van der Waals surface area contributed by atoms with Crippen LogP contribution in [0.3, 0.4) is 0 Å². The van der Waals surface area contributed by atoms with Crippen LogP contribution in [0.2, 0.25) is 0 Å². The molecule has 0 saturated heterocycles. The first-order chi connectivity index (χ1) is 9.14. The summed E-state index contributed by atoms with van der Waals surface area (Å²) in [5.74, 6) is 1.44. The Morgan fingerprint density at radius 1 is 0.950 bits per heavy atom. The van der Waals surface area contributed by atoms with Gasteiger partial charge in [-0.2, -0.15) is 0 Å². The Labute approximate surface area is 154 Å². The average Bonchev–Trinajstić information content (AvgIpc) is 2.32. The summed E-state index contributed by atoms with van der Waals surface area (Å²) in [7, 11) is 0. The van der Waals surface area contributed by atoms with Gasteiger partial charge in [0.05, 0.1) is 8.95 Å². The van der Waals surface area contributed by atoms with E-state index in [2.05, 4.69) is 84.5 Å². The molecule has 1 fully saturated rings. The lowest BCUT2D eigenvalue weighted by Gasteiger charge is -2.40. The standard InChI is InChI=1S/C15H18Br4O/c1-7-4-8(6-15(2,3)5-7)9-10(16)12(18)14(20)13(19)11(9)17/h7-8,20H,4-6H2,1-3H3. The lowest BCUT2D eigenvalue weighted by molar-refractivity contribution is 0.168. The summed E-state index contributed by atoms with van der Waals surface area (Å²) in [4.78, 5) is 0. The highest BCUT2D eigenvalue weighted by Gasteiger charge is 2.35. The van der Waals surface area contributed by atoms with Gasteiger partial charge in [0, 0.05) is 8.95 Å². The lowest BCUT2D eigenvalue weighted by atomic mass is 9.66. The van der Waals surface area contributed by atoms with Crippen molar-refractivity contribution < 1.29 is 5.11 Å². The van der Waals surface area contributed by atoms with Gasteiger partial charge in [-0.05, 0) is 106 Å². The van der Waals surface area contributed by atoms with Crippen LogP contribution in [0, 0.1) is 11.3 Å². The predicted octanol–water partition coefficient (Wildman–Crippen LogP) is 7.37. The molecule has 2 atom stereocenters. The average molecular weight is 534 g/mol. The van der Waals surface area contributed by atoms with E-state index in [-0.39, 0.29) is 5.75 Å². The molecule has 112 valence electrons. The van der Waals surface area contributed by atoms with Crippen LogP contribution >= 0.6 is 63.7 Å². The molecule has 5 heteroatoms. The fourth-order valence-electron chi connectivity index (χ4n) is 3.56. The number of phenols is 1. The first-order valence-corrected chi connectivity index (χ1v) is 9.86. The molecular weight excluding hydrogens is 516 g/mol. The van der Waals surface area contributed by atoms with Crippen LogP contribution in [0.1, 0.15) is 51.5 Å². The number of hydrogen-bond acceptors (Lipinski definition) is 1. The highest BCUT2D eigenvalue weighted by atomic mass is 79.9. The molecule has 0 heterocycles. The van der Waals surface area contributed by atoms with Crippen LogP contribution in [0.5, 0.6) is 5.75 Å². The fraction of sp³-hybridized carbons (Fsp3) is 0.600. The van der Waals surface area contributed by atoms with E-state index >= 15 is 0 Å². The highest BCUT2D eigenvalue weighted by molar-refractivity contribution is 9.14. The molecule has 0 aliphatic heterocycles. The summed E-state index contributed by atoms with van der Waals surface area (Å²) in [6.45, 7) is 7.03. The Morgan fingerprint density at radius 3 is 1.90 bits per heavy atom. The maximum atomic E-state index is 10.1. The zero-order chi connectivity index (χ0) is 15.2. The van der Waals surface area contributed by atoms with Crippen molar-refractivity contribution in [1.82, 2.24) is 0 Å². The van der Waals surface area contributed by atoms with Gasteiger partial charge in [-0.25, -0.2) is 0 Å². The molecule has 0 bridgehead atoms. The lowest BCUT2D eigenvalue weighted by Crippen LogP contribution is -2.27. The van der Waals surface area contributed by atoms with Gasteiger partial charge < -0.3 is 5.11 Å². The second kappa shape index (κ2) is 6.21. The van der Waals surface area contributed by atoms with Gasteiger partial charge in [0.15, 0.2) is 0 Å². The Balaban J connectivity index is 2.53. The molecule has 20 heavy (non-hydrogen) atoms. The minimum atomic E-state index is 0.232. The van der Waals surface area contributed by atoms with Crippen LogP contribution in [-0.4, -0.2) is 5.11 Å². The van der Waals surface area contributed by atoms with Gasteiger partial charge in [-0.3, -0.25) is 0 Å². The van der Waals surface area contributed by atoms with Gasteiger partial charge in [0.1, 0.15) is 5.75 Å². The summed E-state index contributed by atoms with van der Waals surface area (Å²) in [5.41, 5.74) is 1.61. The summed E-state index contributed by atoms with van der Waals surface area (Å²) in [6, 6.07) is 0. The number of benzene rings is 1. The van der Waals surface area contributed by atoms with E-state index < -0.39 is 0 Å². The third kappa shape index (κ3) is 3.31. The quantitative estimate of drug-likeness (QED) is 0.374. The number of rotatable bonds is 1. The molecule has 1 saturated carbocycles. The fourth-order valence-corrected chi connectivity index (χ4v) is 6.34. The molecule has 2 unspecified atom stereocenters. The topological polar surface area (TPSA) is 20.2 Å². The molecule has 0 radical (unpaired) electrons. The van der Waals surface area contributed by atoms with Gasteiger partial charge in [0.2, 0.25) is 0 Å². The number of aromatic hydroxyl groups is 1. The maximum absolute atomic E-state index is 10.1. The molecular formula is C15H18Br4O. The van der Waals surface area contributed by atoms with Crippen molar-refractivity contribution in [3.63, 3.8) is 0 Å². The van der Waals surface area contributed by atoms with Gasteiger partial charge in [0.25, 0.3) is 0 Å². The van der Waals surface area contributed by atoms with Crippen LogP contribution < -0.4 is 0 Å². The van der Waals surface area contributed by atoms with E-state index in [1.165, 1.54) is 18.4 Å². The van der Waals surface area contributed by atoms with Crippen LogP contribution in [0.25, 0.3) is 0 Å². The summed E-state index contributed by atoms with van der Waals surface area (Å²) < 4.78 is 3.36. The second-order valence-electron chi connectivity index (χ2n) is 6.63. The van der Waals surface area contributed by atoms with Crippen LogP contribution in [0.4, 0.5) is 0 Å². The molecule has 0 amide bonds. The van der Waals surface area contributed by atoms with Crippen molar-refractivity contribution in [2.24, 2.45) is 11.3 Å². The second-order valence-corrected chi connectivity index (χ2v) is 9.80. The molecule has 2 rings (SSSR count). The summed E-state index contributed by atoms with van der Waals surface area (Å²) in [6.07, 6.45) is 3.63. The number of phenolic OH excluding ortho intramolecular Hbond substituents is 1. The van der Waals surface area contributed by atoms with E-state index in [1.54, 1.807) is 0 Å². The molecule has 1 aromatic rings. The molecule has 1 aliphatic rings. The smallest absolute Gasteiger partial charge is 0.146 e. The van der Waals surface area contributed by atoms with E-state index in [4.69, 9.17) is 0 Å². The highest BCUT2D eigenvalue weighted by Crippen LogP contribution is 2.53. The molecule has 0 aromatic heterocycles. The predicted molar refractivity (Wildman–Crippen MR) is 98.4 cm³/mol. The molecule has 1 nitrogen and oxygen atoms in total. The van der Waals surface area contributed by atoms with Crippen LogP contribution in [0.15, 0.2) is 17.9 Å². The van der Waals surface area contributed by atoms with Crippen molar-refractivity contribution in [2.75, 3.05) is 0 Å². The Kier molecular flexibility index (Phi) is 5.37. The van der Waals surface area contributed by atoms with Gasteiger partial charge >= 0.3 is 0 Å². The van der Waals surface area contributed by atoms with Crippen molar-refractivity contribution in [3.8, 4) is 5.75 Å². The maximum Gasteiger partial charge on any atom is 0.146 e. The van der Waals surface area contributed by atoms with E-state index in [1.807, 2.05) is 0 Å². The van der Waals surface area contributed by atoms with E-state index in [0.29, 0.717) is 17.3 Å². The summed E-state index contributed by atoms with van der Waals surface area (Å²) in [5, 5.41) is 10.1. The van der Waals surface area contributed by atoms with E-state index in [9.17, 15) is 5.11 Å². The van der Waals surface area contributed by atoms with Gasteiger partial charge in [-0.15, -0.1) is 0 Å². The monoisotopic (exact) mass is 530 g/mol. The minimum absolute atomic E-state index is 0.232. The largest absolute Gasteiger partial charge is 0.505 e. The van der Waals surface area contributed by atoms with E-state index in [0.717, 1.165) is 24.3 Å². The van der Waals surface area contributed by atoms with Crippen molar-refractivity contribution in [3.05, 3.63) is 23.5 Å². The Morgan fingerprint density at radius 2 is 1.45 bits per heavy atom. The molecule has 1 aliphatic carbocycles. The summed E-state index contributed by atoms with van der Waals surface area (Å²) >= 11 is 14.3. The third-order valence-corrected chi connectivity index (χ3v) is 8.32. The SMILES string of the molecule is CC1CC(c2c(Br)c(Br)c(O)c(Br)c2Br)CC(C)(C)C1. The zero-order valence-corrected chi connectivity index (χ0v) is 18.1. The van der Waals surface area contributed by atoms with Crippen molar-refractivity contribution in [1.29, 1.82) is 0 Å². The zero-order valence-electron chi connectivity index (χ0n) is 11.7. The normalized spacial score (nSPS) is 25.8. The van der Waals surface area contributed by atoms with Crippen LogP contribution in [-0.2, 0) is 0 Å². The minimum Gasteiger partial charge on any atom is -0.505 e. The van der Waals surface area contributed by atoms with Crippen molar-refractivity contribution in [2.45, 2.75) is 46.0 Å². The Bertz CT molecular complexity index is 510. The van der Waals surface area contributed by atoms with Crippen molar-refractivity contribution >= 4 is 63.7 Å². The molecule has 1 aromatic carbocycles.